The van der Waals surface area contributed by atoms with Crippen LogP contribution in [0.2, 0.25) is 0 Å². The molecule has 0 aliphatic heterocycles. The van der Waals surface area contributed by atoms with E-state index in [4.69, 9.17) is 0 Å². The molecule has 0 aromatic heterocycles. The van der Waals surface area contributed by atoms with Gasteiger partial charge in [-0.2, -0.15) is 0 Å². The Morgan fingerprint density at radius 2 is 1.80 bits per heavy atom. The van der Waals surface area contributed by atoms with Gasteiger partial charge in [-0.25, -0.2) is 0 Å². The molecule has 0 saturated heterocycles. The Labute approximate surface area is 121 Å². The van der Waals surface area contributed by atoms with Crippen LogP contribution in [0, 0.1) is 0 Å². The second kappa shape index (κ2) is 5.66. The predicted octanol–water partition coefficient (Wildman–Crippen LogP) is 5.92. The molecule has 2 aromatic rings. The summed E-state index contributed by atoms with van der Waals surface area (Å²) in [6, 6.07) is 13.5. The third kappa shape index (κ3) is 2.43. The average Bonchev–Trinajstić information content (AvgIpc) is 2.91. The zero-order chi connectivity index (χ0) is 13.9. The van der Waals surface area contributed by atoms with Crippen molar-refractivity contribution in [3.05, 3.63) is 65.3 Å². The van der Waals surface area contributed by atoms with Gasteiger partial charge in [0.2, 0.25) is 0 Å². The Kier molecular flexibility index (Phi) is 3.73. The molecule has 0 amide bonds. The number of aryl methyl sites for hydroxylation is 1. The van der Waals surface area contributed by atoms with E-state index in [1.807, 2.05) is 0 Å². The van der Waals surface area contributed by atoms with Crippen LogP contribution in [0.3, 0.4) is 0 Å². The molecular weight excluding hydrogens is 240 g/mol. The Morgan fingerprint density at radius 1 is 1.00 bits per heavy atom. The summed E-state index contributed by atoms with van der Waals surface area (Å²) in [6.45, 7) is 4.47. The molecule has 0 heteroatoms. The normalized spacial score (nSPS) is 14.5. The summed E-state index contributed by atoms with van der Waals surface area (Å²) in [4.78, 5) is 0. The minimum Gasteiger partial charge on any atom is -0.0726 e. The van der Waals surface area contributed by atoms with Crippen LogP contribution in [0.15, 0.2) is 54.1 Å². The Bertz CT molecular complexity index is 686. The van der Waals surface area contributed by atoms with Gasteiger partial charge in [0.1, 0.15) is 0 Å². The summed E-state index contributed by atoms with van der Waals surface area (Å²) >= 11 is 0. The van der Waals surface area contributed by atoms with E-state index < -0.39 is 0 Å². The summed E-state index contributed by atoms with van der Waals surface area (Å²) < 4.78 is 0. The summed E-state index contributed by atoms with van der Waals surface area (Å²) in [5.74, 6) is 0. The van der Waals surface area contributed by atoms with Gasteiger partial charge < -0.3 is 0 Å². The van der Waals surface area contributed by atoms with E-state index in [9.17, 15) is 0 Å². The zero-order valence-electron chi connectivity index (χ0n) is 12.4. The summed E-state index contributed by atoms with van der Waals surface area (Å²) in [6.07, 6.45) is 9.48. The van der Waals surface area contributed by atoms with Crippen molar-refractivity contribution in [3.8, 4) is 0 Å². The number of allylic oxidation sites excluding steroid dienone is 4. The molecule has 20 heavy (non-hydrogen) atoms. The molecule has 0 unspecified atom stereocenters. The van der Waals surface area contributed by atoms with E-state index in [1.165, 1.54) is 52.3 Å². The Morgan fingerprint density at radius 3 is 2.50 bits per heavy atom. The van der Waals surface area contributed by atoms with E-state index in [-0.39, 0.29) is 0 Å². The summed E-state index contributed by atoms with van der Waals surface area (Å²) in [5.41, 5.74) is 5.73. The lowest BCUT2D eigenvalue weighted by Gasteiger charge is -2.11. The molecular formula is C20H22. The molecule has 0 spiro atoms. The van der Waals surface area contributed by atoms with Gasteiger partial charge in [0.25, 0.3) is 0 Å². The maximum absolute atomic E-state index is 2.35. The van der Waals surface area contributed by atoms with Crippen LogP contribution in [0.1, 0.15) is 44.2 Å². The van der Waals surface area contributed by atoms with E-state index in [1.54, 1.807) is 0 Å². The molecule has 0 atom stereocenters. The average molecular weight is 262 g/mol. The molecule has 0 radical (unpaired) electrons. The van der Waals surface area contributed by atoms with Gasteiger partial charge in [-0.3, -0.25) is 0 Å². The smallest absolute Gasteiger partial charge is 0.0103 e. The highest BCUT2D eigenvalue weighted by molar-refractivity contribution is 5.98. The summed E-state index contributed by atoms with van der Waals surface area (Å²) in [5, 5.41) is 2.83. The number of benzene rings is 2. The first-order valence-corrected chi connectivity index (χ1v) is 7.68. The van der Waals surface area contributed by atoms with Crippen LogP contribution < -0.4 is 0 Å². The van der Waals surface area contributed by atoms with E-state index in [0.29, 0.717) is 0 Å². The first-order valence-electron chi connectivity index (χ1n) is 7.68. The first kappa shape index (κ1) is 13.2. The second-order valence-electron chi connectivity index (χ2n) is 5.78. The van der Waals surface area contributed by atoms with Crippen molar-refractivity contribution in [3.63, 3.8) is 0 Å². The SMILES string of the molecule is CCCCc1ccc(C2=CCC(C)=C2)c2ccccc12. The van der Waals surface area contributed by atoms with Crippen LogP contribution >= 0.6 is 0 Å². The van der Waals surface area contributed by atoms with Gasteiger partial charge in [-0.1, -0.05) is 67.5 Å². The maximum atomic E-state index is 2.35. The van der Waals surface area contributed by atoms with Crippen molar-refractivity contribution < 1.29 is 0 Å². The van der Waals surface area contributed by atoms with Crippen LogP contribution in [0.25, 0.3) is 16.3 Å². The predicted molar refractivity (Wildman–Crippen MR) is 88.9 cm³/mol. The molecule has 0 bridgehead atoms. The fourth-order valence-electron chi connectivity index (χ4n) is 3.04. The fraction of sp³-hybridized carbons (Fsp3) is 0.300. The van der Waals surface area contributed by atoms with Crippen LogP contribution in [-0.4, -0.2) is 0 Å². The van der Waals surface area contributed by atoms with Crippen molar-refractivity contribution in [2.45, 2.75) is 39.5 Å². The zero-order valence-corrected chi connectivity index (χ0v) is 12.4. The Balaban J connectivity index is 2.12. The maximum Gasteiger partial charge on any atom is -0.0103 e. The topological polar surface area (TPSA) is 0 Å². The van der Waals surface area contributed by atoms with Gasteiger partial charge >= 0.3 is 0 Å². The van der Waals surface area contributed by atoms with Gasteiger partial charge in [-0.05, 0) is 53.7 Å². The second-order valence-corrected chi connectivity index (χ2v) is 5.78. The third-order valence-corrected chi connectivity index (χ3v) is 4.17. The van der Waals surface area contributed by atoms with Crippen molar-refractivity contribution in [1.29, 1.82) is 0 Å². The highest BCUT2D eigenvalue weighted by Crippen LogP contribution is 2.33. The minimum atomic E-state index is 1.10. The third-order valence-electron chi connectivity index (χ3n) is 4.17. The lowest BCUT2D eigenvalue weighted by molar-refractivity contribution is 0.799. The van der Waals surface area contributed by atoms with Gasteiger partial charge in [0.05, 0.1) is 0 Å². The molecule has 102 valence electrons. The van der Waals surface area contributed by atoms with E-state index >= 15 is 0 Å². The van der Waals surface area contributed by atoms with Crippen molar-refractivity contribution >= 4 is 16.3 Å². The van der Waals surface area contributed by atoms with Gasteiger partial charge in [0.15, 0.2) is 0 Å². The van der Waals surface area contributed by atoms with Crippen molar-refractivity contribution in [1.82, 2.24) is 0 Å². The number of fused-ring (bicyclic) bond motifs is 1. The fourth-order valence-corrected chi connectivity index (χ4v) is 3.04. The molecule has 0 N–H and O–H groups in total. The van der Waals surface area contributed by atoms with Crippen LogP contribution in [-0.2, 0) is 6.42 Å². The molecule has 1 aliphatic carbocycles. The van der Waals surface area contributed by atoms with E-state index in [0.717, 1.165) is 6.42 Å². The molecule has 2 aromatic carbocycles. The quantitative estimate of drug-likeness (QED) is 0.642. The van der Waals surface area contributed by atoms with Gasteiger partial charge in [-0.15, -0.1) is 0 Å². The van der Waals surface area contributed by atoms with Crippen LogP contribution in [0.4, 0.5) is 0 Å². The molecule has 0 saturated carbocycles. The largest absolute Gasteiger partial charge is 0.0726 e. The van der Waals surface area contributed by atoms with Crippen molar-refractivity contribution in [2.75, 3.05) is 0 Å². The molecule has 0 nitrogen and oxygen atoms in total. The summed E-state index contributed by atoms with van der Waals surface area (Å²) in [7, 11) is 0. The number of hydrogen-bond acceptors (Lipinski definition) is 0. The first-order chi connectivity index (χ1) is 9.79. The molecule has 3 rings (SSSR count). The van der Waals surface area contributed by atoms with Gasteiger partial charge in [0, 0.05) is 0 Å². The highest BCUT2D eigenvalue weighted by atomic mass is 14.1. The standard InChI is InChI=1S/C20H22/c1-3-4-7-16-12-13-19(17-11-10-15(2)14-17)20-9-6-5-8-18(16)20/h5-6,8-9,11-14H,3-4,7,10H2,1-2H3. The Hall–Kier alpha value is -1.82. The lowest BCUT2D eigenvalue weighted by Crippen LogP contribution is -1.91. The van der Waals surface area contributed by atoms with Crippen molar-refractivity contribution in [2.24, 2.45) is 0 Å². The molecule has 1 aliphatic rings. The highest BCUT2D eigenvalue weighted by Gasteiger charge is 2.10. The lowest BCUT2D eigenvalue weighted by atomic mass is 9.93. The molecule has 0 heterocycles. The van der Waals surface area contributed by atoms with Crippen LogP contribution in [0.5, 0.6) is 0 Å². The minimum absolute atomic E-state index is 1.10. The molecule has 0 fully saturated rings. The van der Waals surface area contributed by atoms with E-state index in [2.05, 4.69) is 62.4 Å². The number of unbranched alkanes of at least 4 members (excludes halogenated alkanes) is 1. The number of rotatable bonds is 4. The number of hydrogen-bond donors (Lipinski definition) is 0. The monoisotopic (exact) mass is 262 g/mol.